The maximum absolute atomic E-state index is 6.13. The molecule has 3 aromatic rings. The molecule has 0 heterocycles. The second-order valence-corrected chi connectivity index (χ2v) is 6.92. The Kier molecular flexibility index (Phi) is 5.94. The Balaban J connectivity index is 1.72. The van der Waals surface area contributed by atoms with Gasteiger partial charge in [0.1, 0.15) is 5.75 Å². The minimum atomic E-state index is 0.408. The summed E-state index contributed by atoms with van der Waals surface area (Å²) in [5.41, 5.74) is 6.53. The van der Waals surface area contributed by atoms with Crippen LogP contribution in [0, 0.1) is 6.92 Å². The largest absolute Gasteiger partial charge is 0.497 e. The van der Waals surface area contributed by atoms with Gasteiger partial charge in [0.15, 0.2) is 5.11 Å². The van der Waals surface area contributed by atoms with E-state index in [9.17, 15) is 0 Å². The Labute approximate surface area is 169 Å². The summed E-state index contributed by atoms with van der Waals surface area (Å²) in [4.78, 5) is 0. The number of hydrogen-bond acceptors (Lipinski definition) is 3. The maximum Gasteiger partial charge on any atom is 0.191 e. The summed E-state index contributed by atoms with van der Waals surface area (Å²) in [5.74, 6) is 0.843. The van der Waals surface area contributed by atoms with Gasteiger partial charge in [-0.3, -0.25) is 5.43 Å². The van der Waals surface area contributed by atoms with Crippen LogP contribution < -0.4 is 15.5 Å². The number of nitrogens with zero attached hydrogens (tertiary/aromatic N) is 1. The van der Waals surface area contributed by atoms with Crippen molar-refractivity contribution in [3.05, 3.63) is 70.7 Å². The number of anilines is 1. The van der Waals surface area contributed by atoms with E-state index in [0.717, 1.165) is 39.0 Å². The van der Waals surface area contributed by atoms with Gasteiger partial charge in [-0.25, -0.2) is 0 Å². The van der Waals surface area contributed by atoms with Crippen molar-refractivity contribution >= 4 is 51.1 Å². The highest BCUT2D eigenvalue weighted by molar-refractivity contribution is 7.80. The molecule has 0 saturated heterocycles. The minimum Gasteiger partial charge on any atom is -0.497 e. The van der Waals surface area contributed by atoms with Gasteiger partial charge in [0.05, 0.1) is 12.8 Å². The molecule has 138 valence electrons. The van der Waals surface area contributed by atoms with Crippen molar-refractivity contribution in [2.45, 2.75) is 13.8 Å². The smallest absolute Gasteiger partial charge is 0.191 e. The van der Waals surface area contributed by atoms with Crippen molar-refractivity contribution in [3.63, 3.8) is 0 Å². The molecule has 0 aliphatic rings. The molecular formula is C21H20ClN3OS. The number of hydrogen-bond donors (Lipinski definition) is 2. The maximum atomic E-state index is 6.13. The lowest BCUT2D eigenvalue weighted by Crippen LogP contribution is -2.25. The molecule has 0 aliphatic carbocycles. The first-order valence-electron chi connectivity index (χ1n) is 8.42. The van der Waals surface area contributed by atoms with Crippen molar-refractivity contribution in [1.29, 1.82) is 0 Å². The fourth-order valence-electron chi connectivity index (χ4n) is 2.67. The molecule has 27 heavy (non-hydrogen) atoms. The quantitative estimate of drug-likeness (QED) is 0.345. The van der Waals surface area contributed by atoms with Crippen LogP contribution in [-0.4, -0.2) is 17.9 Å². The first-order chi connectivity index (χ1) is 13.0. The fourth-order valence-corrected chi connectivity index (χ4v) is 3.00. The van der Waals surface area contributed by atoms with Crippen molar-refractivity contribution in [2.75, 3.05) is 12.4 Å². The Morgan fingerprint density at radius 1 is 1.07 bits per heavy atom. The number of rotatable bonds is 4. The van der Waals surface area contributed by atoms with Gasteiger partial charge in [0, 0.05) is 10.7 Å². The van der Waals surface area contributed by atoms with Crippen LogP contribution in [0.1, 0.15) is 18.1 Å². The molecule has 0 radical (unpaired) electrons. The Bertz CT molecular complexity index is 1030. The zero-order chi connectivity index (χ0) is 19.4. The number of benzene rings is 3. The van der Waals surface area contributed by atoms with Gasteiger partial charge in [-0.05, 0) is 78.3 Å². The van der Waals surface area contributed by atoms with E-state index in [1.807, 2.05) is 56.3 Å². The highest BCUT2D eigenvalue weighted by Gasteiger charge is 2.05. The lowest BCUT2D eigenvalue weighted by atomic mass is 10.0. The highest BCUT2D eigenvalue weighted by Crippen LogP contribution is 2.23. The van der Waals surface area contributed by atoms with E-state index < -0.39 is 0 Å². The average Bonchev–Trinajstić information content (AvgIpc) is 2.68. The minimum absolute atomic E-state index is 0.408. The monoisotopic (exact) mass is 397 g/mol. The van der Waals surface area contributed by atoms with Gasteiger partial charge < -0.3 is 10.1 Å². The number of methoxy groups -OCH3 is 1. The SMILES string of the molecule is COc1ccc2cc(/C(C)=N/NC(=S)Nc3cccc(Cl)c3C)ccc2c1. The molecule has 0 bridgehead atoms. The van der Waals surface area contributed by atoms with Crippen LogP contribution in [0.25, 0.3) is 10.8 Å². The van der Waals surface area contributed by atoms with E-state index in [-0.39, 0.29) is 0 Å². The summed E-state index contributed by atoms with van der Waals surface area (Å²) in [6.07, 6.45) is 0. The predicted octanol–water partition coefficient (Wildman–Crippen LogP) is 5.52. The molecule has 0 aromatic heterocycles. The summed E-state index contributed by atoms with van der Waals surface area (Å²) in [7, 11) is 1.67. The standard InChI is InChI=1S/C21H20ClN3OS/c1-13-19(22)5-4-6-20(13)23-21(27)25-24-14(2)15-7-8-17-12-18(26-3)10-9-16(17)11-15/h4-12H,1-3H3,(H2,23,25,27)/b24-14+. The van der Waals surface area contributed by atoms with Gasteiger partial charge >= 0.3 is 0 Å². The Morgan fingerprint density at radius 3 is 2.59 bits per heavy atom. The van der Waals surface area contributed by atoms with Gasteiger partial charge in [-0.1, -0.05) is 35.9 Å². The van der Waals surface area contributed by atoms with Crippen LogP contribution in [0.5, 0.6) is 5.75 Å². The second-order valence-electron chi connectivity index (χ2n) is 6.10. The molecule has 3 aromatic carbocycles. The molecule has 0 aliphatic heterocycles. The first-order valence-corrected chi connectivity index (χ1v) is 9.21. The third-order valence-electron chi connectivity index (χ3n) is 4.31. The van der Waals surface area contributed by atoms with E-state index in [1.54, 1.807) is 7.11 Å². The van der Waals surface area contributed by atoms with Crippen LogP contribution in [0.3, 0.4) is 0 Å². The van der Waals surface area contributed by atoms with E-state index in [2.05, 4.69) is 28.0 Å². The summed E-state index contributed by atoms with van der Waals surface area (Å²) in [5, 5.41) is 10.8. The summed E-state index contributed by atoms with van der Waals surface area (Å²) < 4.78 is 5.27. The van der Waals surface area contributed by atoms with Crippen LogP contribution in [0.2, 0.25) is 5.02 Å². The Hall–Kier alpha value is -2.63. The molecule has 0 spiro atoms. The van der Waals surface area contributed by atoms with Crippen molar-refractivity contribution < 1.29 is 4.74 Å². The molecule has 0 unspecified atom stereocenters. The van der Waals surface area contributed by atoms with E-state index in [4.69, 9.17) is 28.6 Å². The van der Waals surface area contributed by atoms with Crippen LogP contribution in [0.4, 0.5) is 5.69 Å². The number of halogens is 1. The van der Waals surface area contributed by atoms with Gasteiger partial charge in [0.2, 0.25) is 0 Å². The highest BCUT2D eigenvalue weighted by atomic mass is 35.5. The summed E-state index contributed by atoms with van der Waals surface area (Å²) >= 11 is 11.5. The lowest BCUT2D eigenvalue weighted by molar-refractivity contribution is 0.415. The molecule has 0 fully saturated rings. The zero-order valence-electron chi connectivity index (χ0n) is 15.3. The third-order valence-corrected chi connectivity index (χ3v) is 4.91. The third kappa shape index (κ3) is 4.56. The van der Waals surface area contributed by atoms with Crippen molar-refractivity contribution in [3.8, 4) is 5.75 Å². The second kappa shape index (κ2) is 8.37. The molecule has 4 nitrogen and oxygen atoms in total. The number of hydrazone groups is 1. The van der Waals surface area contributed by atoms with Gasteiger partial charge in [-0.15, -0.1) is 0 Å². The van der Waals surface area contributed by atoms with Crippen molar-refractivity contribution in [2.24, 2.45) is 5.10 Å². The fraction of sp³-hybridized carbons (Fsp3) is 0.143. The van der Waals surface area contributed by atoms with Gasteiger partial charge in [0.25, 0.3) is 0 Å². The van der Waals surface area contributed by atoms with E-state index >= 15 is 0 Å². The van der Waals surface area contributed by atoms with Crippen LogP contribution >= 0.6 is 23.8 Å². The van der Waals surface area contributed by atoms with E-state index in [0.29, 0.717) is 10.1 Å². The number of fused-ring (bicyclic) bond motifs is 1. The molecule has 0 atom stereocenters. The number of thiocarbonyl (C=S) groups is 1. The molecule has 0 saturated carbocycles. The predicted molar refractivity (Wildman–Crippen MR) is 118 cm³/mol. The first kappa shape index (κ1) is 19.1. The van der Waals surface area contributed by atoms with E-state index in [1.165, 1.54) is 0 Å². The number of nitrogens with one attached hydrogen (secondary N) is 2. The normalized spacial score (nSPS) is 11.3. The molecule has 2 N–H and O–H groups in total. The summed E-state index contributed by atoms with van der Waals surface area (Å²) in [6.45, 7) is 3.87. The van der Waals surface area contributed by atoms with Gasteiger partial charge in [-0.2, -0.15) is 5.10 Å². The molecule has 6 heteroatoms. The zero-order valence-corrected chi connectivity index (χ0v) is 16.9. The Morgan fingerprint density at radius 2 is 1.81 bits per heavy atom. The van der Waals surface area contributed by atoms with Crippen molar-refractivity contribution in [1.82, 2.24) is 5.43 Å². The average molecular weight is 398 g/mol. The molecular weight excluding hydrogens is 378 g/mol. The number of ether oxygens (including phenoxy) is 1. The van der Waals surface area contributed by atoms with Crippen LogP contribution in [-0.2, 0) is 0 Å². The summed E-state index contributed by atoms with van der Waals surface area (Å²) in [6, 6.07) is 17.8. The molecule has 3 rings (SSSR count). The van der Waals surface area contributed by atoms with Crippen LogP contribution in [0.15, 0.2) is 59.7 Å². The molecule has 0 amide bonds. The lowest BCUT2D eigenvalue weighted by Gasteiger charge is -2.11. The topological polar surface area (TPSA) is 45.6 Å².